The maximum absolute atomic E-state index is 6.31. The zero-order valence-corrected chi connectivity index (χ0v) is 12.6. The summed E-state index contributed by atoms with van der Waals surface area (Å²) in [6, 6.07) is 0.331. The van der Waals surface area contributed by atoms with E-state index in [-0.39, 0.29) is 5.54 Å². The number of aromatic nitrogens is 4. The van der Waals surface area contributed by atoms with Crippen molar-refractivity contribution in [2.45, 2.75) is 53.1 Å². The monoisotopic (exact) mass is 261 g/mol. The van der Waals surface area contributed by atoms with Crippen molar-refractivity contribution in [1.82, 2.24) is 19.1 Å². The molecule has 0 aliphatic heterocycles. The quantitative estimate of drug-likeness (QED) is 0.904. The molecule has 2 N–H and O–H groups in total. The minimum atomic E-state index is -0.0813. The van der Waals surface area contributed by atoms with Gasteiger partial charge < -0.3 is 14.9 Å². The molecule has 2 heterocycles. The SMILES string of the molecule is Cc1nc(-c2cncn2C(C)C)c(N)n1C(C)(C)C. The number of nitrogens with two attached hydrogens (primary N) is 1. The molecule has 5 heteroatoms. The molecule has 0 bridgehead atoms. The van der Waals surface area contributed by atoms with Gasteiger partial charge in [-0.05, 0) is 41.5 Å². The van der Waals surface area contributed by atoms with E-state index in [0.29, 0.717) is 11.9 Å². The second-order valence-electron chi connectivity index (χ2n) is 6.18. The third-order valence-corrected chi connectivity index (χ3v) is 3.22. The fourth-order valence-corrected chi connectivity index (χ4v) is 2.48. The van der Waals surface area contributed by atoms with Gasteiger partial charge in [-0.25, -0.2) is 9.97 Å². The highest BCUT2D eigenvalue weighted by atomic mass is 15.2. The van der Waals surface area contributed by atoms with Crippen molar-refractivity contribution in [3.8, 4) is 11.4 Å². The Morgan fingerprint density at radius 2 is 1.89 bits per heavy atom. The molecule has 19 heavy (non-hydrogen) atoms. The smallest absolute Gasteiger partial charge is 0.133 e. The van der Waals surface area contributed by atoms with Gasteiger partial charge in [-0.2, -0.15) is 0 Å². The van der Waals surface area contributed by atoms with Crippen molar-refractivity contribution in [1.29, 1.82) is 0 Å². The molecule has 0 spiro atoms. The Morgan fingerprint density at radius 1 is 1.26 bits per heavy atom. The Morgan fingerprint density at radius 3 is 2.37 bits per heavy atom. The van der Waals surface area contributed by atoms with Gasteiger partial charge in [0.05, 0.1) is 18.2 Å². The summed E-state index contributed by atoms with van der Waals surface area (Å²) in [5.74, 6) is 1.63. The van der Waals surface area contributed by atoms with Crippen LogP contribution in [0, 0.1) is 6.92 Å². The van der Waals surface area contributed by atoms with Crippen molar-refractivity contribution >= 4 is 5.82 Å². The summed E-state index contributed by atoms with van der Waals surface area (Å²) in [5, 5.41) is 0. The van der Waals surface area contributed by atoms with E-state index in [0.717, 1.165) is 17.2 Å². The summed E-state index contributed by atoms with van der Waals surface area (Å²) >= 11 is 0. The molecular weight excluding hydrogens is 238 g/mol. The highest BCUT2D eigenvalue weighted by Crippen LogP contribution is 2.31. The molecule has 0 radical (unpaired) electrons. The third kappa shape index (κ3) is 2.25. The lowest BCUT2D eigenvalue weighted by molar-refractivity contribution is 0.393. The molecule has 0 aliphatic carbocycles. The van der Waals surface area contributed by atoms with E-state index in [1.54, 1.807) is 0 Å². The summed E-state index contributed by atoms with van der Waals surface area (Å²) in [5.41, 5.74) is 8.02. The van der Waals surface area contributed by atoms with Crippen LogP contribution < -0.4 is 5.73 Å². The molecule has 2 rings (SSSR count). The van der Waals surface area contributed by atoms with Crippen LogP contribution in [0.15, 0.2) is 12.5 Å². The predicted molar refractivity (Wildman–Crippen MR) is 78.0 cm³/mol. The summed E-state index contributed by atoms with van der Waals surface area (Å²) in [6.07, 6.45) is 3.65. The lowest BCUT2D eigenvalue weighted by Gasteiger charge is -2.24. The Bertz CT molecular complexity index is 583. The van der Waals surface area contributed by atoms with Crippen molar-refractivity contribution < 1.29 is 0 Å². The van der Waals surface area contributed by atoms with Crippen molar-refractivity contribution in [2.24, 2.45) is 0 Å². The van der Waals surface area contributed by atoms with Crippen molar-refractivity contribution in [3.63, 3.8) is 0 Å². The van der Waals surface area contributed by atoms with E-state index in [4.69, 9.17) is 5.73 Å². The van der Waals surface area contributed by atoms with Crippen molar-refractivity contribution in [3.05, 3.63) is 18.3 Å². The van der Waals surface area contributed by atoms with E-state index in [9.17, 15) is 0 Å². The van der Waals surface area contributed by atoms with Gasteiger partial charge in [0, 0.05) is 11.6 Å². The van der Waals surface area contributed by atoms with Gasteiger partial charge in [0.2, 0.25) is 0 Å². The van der Waals surface area contributed by atoms with Gasteiger partial charge >= 0.3 is 0 Å². The largest absolute Gasteiger partial charge is 0.383 e. The zero-order chi connectivity index (χ0) is 14.4. The van der Waals surface area contributed by atoms with Crippen LogP contribution in [0.5, 0.6) is 0 Å². The molecular formula is C14H23N5. The van der Waals surface area contributed by atoms with Crippen LogP contribution in [0.1, 0.15) is 46.5 Å². The van der Waals surface area contributed by atoms with E-state index >= 15 is 0 Å². The lowest BCUT2D eigenvalue weighted by Crippen LogP contribution is -2.24. The van der Waals surface area contributed by atoms with E-state index in [2.05, 4.69) is 53.7 Å². The number of nitrogen functional groups attached to an aromatic ring is 1. The molecule has 0 aromatic carbocycles. The molecule has 0 unspecified atom stereocenters. The second-order valence-corrected chi connectivity index (χ2v) is 6.18. The van der Waals surface area contributed by atoms with Crippen LogP contribution in [0.4, 0.5) is 5.82 Å². The molecule has 0 fully saturated rings. The first kappa shape index (κ1) is 13.6. The molecule has 104 valence electrons. The van der Waals surface area contributed by atoms with Crippen LogP contribution >= 0.6 is 0 Å². The number of hydrogen-bond donors (Lipinski definition) is 1. The lowest BCUT2D eigenvalue weighted by atomic mass is 10.1. The normalized spacial score (nSPS) is 12.4. The first-order valence-corrected chi connectivity index (χ1v) is 6.61. The average Bonchev–Trinajstić information content (AvgIpc) is 2.81. The third-order valence-electron chi connectivity index (χ3n) is 3.22. The summed E-state index contributed by atoms with van der Waals surface area (Å²) in [4.78, 5) is 8.86. The number of imidazole rings is 2. The van der Waals surface area contributed by atoms with Gasteiger partial charge in [-0.1, -0.05) is 0 Å². The number of aryl methyl sites for hydroxylation is 1. The van der Waals surface area contributed by atoms with Crippen LogP contribution in [0.25, 0.3) is 11.4 Å². The summed E-state index contributed by atoms with van der Waals surface area (Å²) in [7, 11) is 0. The first-order chi connectivity index (χ1) is 8.73. The van der Waals surface area contributed by atoms with Crippen molar-refractivity contribution in [2.75, 3.05) is 5.73 Å². The summed E-state index contributed by atoms with van der Waals surface area (Å²) in [6.45, 7) is 12.6. The van der Waals surface area contributed by atoms with Crippen LogP contribution in [0.3, 0.4) is 0 Å². The fourth-order valence-electron chi connectivity index (χ4n) is 2.48. The van der Waals surface area contributed by atoms with Crippen LogP contribution in [-0.4, -0.2) is 19.1 Å². The summed E-state index contributed by atoms with van der Waals surface area (Å²) < 4.78 is 4.16. The molecule has 0 atom stereocenters. The minimum Gasteiger partial charge on any atom is -0.383 e. The fraction of sp³-hybridized carbons (Fsp3) is 0.571. The van der Waals surface area contributed by atoms with Gasteiger partial charge in [-0.15, -0.1) is 0 Å². The highest BCUT2D eigenvalue weighted by molar-refractivity contribution is 5.68. The minimum absolute atomic E-state index is 0.0813. The topological polar surface area (TPSA) is 61.7 Å². The molecule has 0 aliphatic rings. The van der Waals surface area contributed by atoms with Crippen LogP contribution in [0.2, 0.25) is 0 Å². The van der Waals surface area contributed by atoms with E-state index < -0.39 is 0 Å². The predicted octanol–water partition coefficient (Wildman–Crippen LogP) is 2.97. The Kier molecular flexibility index (Phi) is 3.16. The average molecular weight is 261 g/mol. The number of anilines is 1. The molecule has 2 aromatic heterocycles. The van der Waals surface area contributed by atoms with Gasteiger partial charge in [0.15, 0.2) is 0 Å². The molecule has 0 amide bonds. The van der Waals surface area contributed by atoms with E-state index in [1.165, 1.54) is 0 Å². The standard InChI is InChI=1S/C14H23N5/c1-9(2)18-8-16-7-11(18)12-13(15)19(10(3)17-12)14(4,5)6/h7-9H,15H2,1-6H3. The second kappa shape index (κ2) is 4.40. The Labute approximate surface area is 114 Å². The molecule has 5 nitrogen and oxygen atoms in total. The van der Waals surface area contributed by atoms with Gasteiger partial charge in [0.25, 0.3) is 0 Å². The molecule has 0 saturated heterocycles. The number of rotatable bonds is 2. The maximum Gasteiger partial charge on any atom is 0.133 e. The molecule has 2 aromatic rings. The van der Waals surface area contributed by atoms with Crippen LogP contribution in [-0.2, 0) is 5.54 Å². The molecule has 0 saturated carbocycles. The number of hydrogen-bond acceptors (Lipinski definition) is 3. The number of nitrogens with zero attached hydrogens (tertiary/aromatic N) is 4. The van der Waals surface area contributed by atoms with Gasteiger partial charge in [-0.3, -0.25) is 0 Å². The Balaban J connectivity index is 2.62. The highest BCUT2D eigenvalue weighted by Gasteiger charge is 2.24. The van der Waals surface area contributed by atoms with Gasteiger partial charge in [0.1, 0.15) is 17.3 Å². The maximum atomic E-state index is 6.31. The first-order valence-electron chi connectivity index (χ1n) is 6.61. The van der Waals surface area contributed by atoms with E-state index in [1.807, 2.05) is 19.4 Å². The Hall–Kier alpha value is -1.78. The zero-order valence-electron chi connectivity index (χ0n) is 12.6.